The summed E-state index contributed by atoms with van der Waals surface area (Å²) in [6, 6.07) is 12.0. The zero-order chi connectivity index (χ0) is 17.8. The van der Waals surface area contributed by atoms with E-state index in [0.29, 0.717) is 19.6 Å². The zero-order valence-corrected chi connectivity index (χ0v) is 14.7. The van der Waals surface area contributed by atoms with Crippen LogP contribution in [0.4, 0.5) is 0 Å². The highest BCUT2D eigenvalue weighted by atomic mass is 16.5. The molecule has 5 heteroatoms. The van der Waals surface area contributed by atoms with Crippen LogP contribution in [0.25, 0.3) is 10.9 Å². The van der Waals surface area contributed by atoms with Crippen LogP contribution >= 0.6 is 0 Å². The minimum Gasteiger partial charge on any atom is -0.372 e. The van der Waals surface area contributed by atoms with Crippen LogP contribution in [0.1, 0.15) is 24.0 Å². The third kappa shape index (κ3) is 3.78. The van der Waals surface area contributed by atoms with Gasteiger partial charge in [0.1, 0.15) is 0 Å². The number of fused-ring (bicyclic) bond motifs is 1. The number of hydrogen-bond acceptors (Lipinski definition) is 3. The Kier molecular flexibility index (Phi) is 4.97. The second-order valence-electron chi connectivity index (χ2n) is 6.81. The Bertz CT molecular complexity index is 875. The van der Waals surface area contributed by atoms with Gasteiger partial charge >= 0.3 is 0 Å². The van der Waals surface area contributed by atoms with E-state index in [4.69, 9.17) is 4.74 Å². The normalized spacial score (nSPS) is 17.5. The van der Waals surface area contributed by atoms with Crippen molar-refractivity contribution in [2.45, 2.75) is 32.0 Å². The quantitative estimate of drug-likeness (QED) is 0.769. The number of carbonyl (C=O) groups excluding carboxylic acids is 1. The summed E-state index contributed by atoms with van der Waals surface area (Å²) in [7, 11) is 0. The molecule has 2 aromatic heterocycles. The second kappa shape index (κ2) is 7.70. The van der Waals surface area contributed by atoms with Gasteiger partial charge in [-0.1, -0.05) is 24.3 Å². The number of aromatic amines is 1. The second-order valence-corrected chi connectivity index (χ2v) is 6.81. The monoisotopic (exact) mass is 349 g/mol. The number of pyridine rings is 1. The molecule has 1 unspecified atom stereocenters. The number of amides is 1. The van der Waals surface area contributed by atoms with Crippen LogP contribution in [0.5, 0.6) is 0 Å². The number of aromatic nitrogens is 2. The highest BCUT2D eigenvalue weighted by Crippen LogP contribution is 2.20. The van der Waals surface area contributed by atoms with Crippen molar-refractivity contribution in [3.63, 3.8) is 0 Å². The highest BCUT2D eigenvalue weighted by Gasteiger charge is 2.24. The molecular formula is C21H23N3O2. The lowest BCUT2D eigenvalue weighted by Crippen LogP contribution is -2.43. The van der Waals surface area contributed by atoms with E-state index in [-0.39, 0.29) is 12.0 Å². The fraction of sp³-hybridized carbons (Fsp3) is 0.333. The molecule has 1 atom stereocenters. The van der Waals surface area contributed by atoms with Crippen molar-refractivity contribution in [1.82, 2.24) is 14.9 Å². The predicted octanol–water partition coefficient (Wildman–Crippen LogP) is 3.31. The van der Waals surface area contributed by atoms with Gasteiger partial charge in [-0.2, -0.15) is 0 Å². The van der Waals surface area contributed by atoms with Crippen molar-refractivity contribution >= 4 is 16.8 Å². The Balaban J connectivity index is 1.35. The number of carbonyl (C=O) groups is 1. The molecule has 4 rings (SSSR count). The maximum Gasteiger partial charge on any atom is 0.227 e. The summed E-state index contributed by atoms with van der Waals surface area (Å²) in [6.07, 6.45) is 8.03. The van der Waals surface area contributed by atoms with Gasteiger partial charge < -0.3 is 14.6 Å². The maximum atomic E-state index is 12.8. The first-order chi connectivity index (χ1) is 12.8. The molecule has 3 aromatic rings. The van der Waals surface area contributed by atoms with Gasteiger partial charge in [-0.25, -0.2) is 0 Å². The number of benzene rings is 1. The number of likely N-dealkylation sites (tertiary alicyclic amines) is 1. The first-order valence-corrected chi connectivity index (χ1v) is 9.13. The molecule has 1 aliphatic rings. The van der Waals surface area contributed by atoms with E-state index in [1.807, 2.05) is 47.6 Å². The molecule has 3 heterocycles. The molecule has 1 aromatic carbocycles. The molecule has 1 fully saturated rings. The summed E-state index contributed by atoms with van der Waals surface area (Å²) in [5.74, 6) is 0.171. The van der Waals surface area contributed by atoms with E-state index in [1.165, 1.54) is 0 Å². The molecule has 0 bridgehead atoms. The standard InChI is InChI=1S/C21H23N3O2/c25-21(11-17-13-23-20-8-2-1-7-19(17)20)24-10-4-6-18(14-24)26-15-16-5-3-9-22-12-16/h1-3,5,7-9,12-13,18,23H,4,6,10-11,14-15H2. The Labute approximate surface area is 153 Å². The number of para-hydroxylation sites is 1. The van der Waals surface area contributed by atoms with E-state index in [2.05, 4.69) is 16.0 Å². The summed E-state index contributed by atoms with van der Waals surface area (Å²) in [5.41, 5.74) is 3.20. The van der Waals surface area contributed by atoms with Crippen molar-refractivity contribution in [3.8, 4) is 0 Å². The Hall–Kier alpha value is -2.66. The SMILES string of the molecule is O=C(Cc1c[nH]c2ccccc12)N1CCCC(OCc2cccnc2)C1. The molecule has 1 N–H and O–H groups in total. The van der Waals surface area contributed by atoms with Crippen LogP contribution in [0, 0.1) is 0 Å². The average molecular weight is 349 g/mol. The van der Waals surface area contributed by atoms with Crippen LogP contribution in [0.3, 0.4) is 0 Å². The zero-order valence-electron chi connectivity index (χ0n) is 14.7. The Morgan fingerprint density at radius 3 is 3.08 bits per heavy atom. The molecule has 0 saturated carbocycles. The van der Waals surface area contributed by atoms with Crippen LogP contribution in [-0.2, 0) is 22.6 Å². The lowest BCUT2D eigenvalue weighted by atomic mass is 10.1. The fourth-order valence-electron chi connectivity index (χ4n) is 3.55. The summed E-state index contributed by atoms with van der Waals surface area (Å²) in [5, 5.41) is 1.13. The minimum absolute atomic E-state index is 0.0934. The third-order valence-corrected chi connectivity index (χ3v) is 4.96. The highest BCUT2D eigenvalue weighted by molar-refractivity contribution is 5.88. The van der Waals surface area contributed by atoms with Gasteiger partial charge in [0.25, 0.3) is 0 Å². The Morgan fingerprint density at radius 1 is 1.27 bits per heavy atom. The molecular weight excluding hydrogens is 326 g/mol. The van der Waals surface area contributed by atoms with E-state index >= 15 is 0 Å². The van der Waals surface area contributed by atoms with Gasteiger partial charge in [0.05, 0.1) is 19.1 Å². The summed E-state index contributed by atoms with van der Waals surface area (Å²) >= 11 is 0. The first-order valence-electron chi connectivity index (χ1n) is 9.13. The molecule has 1 aliphatic heterocycles. The predicted molar refractivity (Wildman–Crippen MR) is 101 cm³/mol. The van der Waals surface area contributed by atoms with E-state index in [1.54, 1.807) is 6.20 Å². The number of piperidine rings is 1. The third-order valence-electron chi connectivity index (χ3n) is 4.96. The molecule has 26 heavy (non-hydrogen) atoms. The van der Waals surface area contributed by atoms with Gasteiger partial charge in [0.15, 0.2) is 0 Å². The van der Waals surface area contributed by atoms with E-state index in [0.717, 1.165) is 41.4 Å². The number of hydrogen-bond donors (Lipinski definition) is 1. The lowest BCUT2D eigenvalue weighted by Gasteiger charge is -2.32. The number of nitrogens with zero attached hydrogens (tertiary/aromatic N) is 2. The molecule has 0 aliphatic carbocycles. The number of nitrogens with one attached hydrogen (secondary N) is 1. The molecule has 0 spiro atoms. The van der Waals surface area contributed by atoms with Crippen LogP contribution in [0.15, 0.2) is 55.0 Å². The van der Waals surface area contributed by atoms with Gasteiger partial charge in [0.2, 0.25) is 5.91 Å². The first kappa shape index (κ1) is 16.8. The van der Waals surface area contributed by atoms with Crippen molar-refractivity contribution in [3.05, 3.63) is 66.1 Å². The smallest absolute Gasteiger partial charge is 0.227 e. The van der Waals surface area contributed by atoms with Crippen LogP contribution < -0.4 is 0 Å². The van der Waals surface area contributed by atoms with Crippen LogP contribution in [0.2, 0.25) is 0 Å². The average Bonchev–Trinajstić information content (AvgIpc) is 3.10. The van der Waals surface area contributed by atoms with Crippen LogP contribution in [-0.4, -0.2) is 40.0 Å². The Morgan fingerprint density at radius 2 is 2.19 bits per heavy atom. The largest absolute Gasteiger partial charge is 0.372 e. The van der Waals surface area contributed by atoms with Crippen molar-refractivity contribution < 1.29 is 9.53 Å². The molecule has 1 amide bonds. The van der Waals surface area contributed by atoms with Gasteiger partial charge in [-0.3, -0.25) is 9.78 Å². The summed E-state index contributed by atoms with van der Waals surface area (Å²) in [6.45, 7) is 2.03. The molecule has 1 saturated heterocycles. The van der Waals surface area contributed by atoms with Crippen molar-refractivity contribution in [1.29, 1.82) is 0 Å². The molecule has 134 valence electrons. The number of ether oxygens (including phenoxy) is 1. The number of rotatable bonds is 5. The molecule has 0 radical (unpaired) electrons. The number of H-pyrrole nitrogens is 1. The van der Waals surface area contributed by atoms with Crippen molar-refractivity contribution in [2.75, 3.05) is 13.1 Å². The van der Waals surface area contributed by atoms with Gasteiger partial charge in [-0.15, -0.1) is 0 Å². The van der Waals surface area contributed by atoms with Gasteiger partial charge in [0, 0.05) is 42.6 Å². The minimum atomic E-state index is 0.0934. The summed E-state index contributed by atoms with van der Waals surface area (Å²) in [4.78, 5) is 22.1. The summed E-state index contributed by atoms with van der Waals surface area (Å²) < 4.78 is 6.01. The fourth-order valence-corrected chi connectivity index (χ4v) is 3.55. The van der Waals surface area contributed by atoms with E-state index < -0.39 is 0 Å². The van der Waals surface area contributed by atoms with Gasteiger partial charge in [-0.05, 0) is 36.1 Å². The topological polar surface area (TPSA) is 58.2 Å². The maximum absolute atomic E-state index is 12.8. The lowest BCUT2D eigenvalue weighted by molar-refractivity contribution is -0.134. The van der Waals surface area contributed by atoms with Crippen molar-refractivity contribution in [2.24, 2.45) is 0 Å². The molecule has 5 nitrogen and oxygen atoms in total. The van der Waals surface area contributed by atoms with E-state index in [9.17, 15) is 4.79 Å².